The number of hydrogen-bond donors (Lipinski definition) is 1. The van der Waals surface area contributed by atoms with E-state index in [-0.39, 0.29) is 11.4 Å². The minimum absolute atomic E-state index is 0.222. The van der Waals surface area contributed by atoms with Crippen LogP contribution in [0.15, 0.2) is 0 Å². The summed E-state index contributed by atoms with van der Waals surface area (Å²) in [5.74, 6) is 0.872. The van der Waals surface area contributed by atoms with Crippen LogP contribution in [0.25, 0.3) is 0 Å². The molecule has 13 heavy (non-hydrogen) atoms. The Morgan fingerprint density at radius 3 is 2.77 bits per heavy atom. The summed E-state index contributed by atoms with van der Waals surface area (Å²) in [6, 6.07) is 0. The first-order valence-corrected chi connectivity index (χ1v) is 5.15. The van der Waals surface area contributed by atoms with Crippen LogP contribution in [0.4, 0.5) is 0 Å². The summed E-state index contributed by atoms with van der Waals surface area (Å²) in [5.41, 5.74) is 0.222. The van der Waals surface area contributed by atoms with Crippen LogP contribution in [0.5, 0.6) is 0 Å². The lowest BCUT2D eigenvalue weighted by Crippen LogP contribution is -2.57. The number of piperazine rings is 1. The molecule has 1 spiro atoms. The van der Waals surface area contributed by atoms with E-state index in [1.807, 2.05) is 0 Å². The highest BCUT2D eigenvalue weighted by molar-refractivity contribution is 5.80. The molecule has 1 aliphatic heterocycles. The van der Waals surface area contributed by atoms with E-state index in [2.05, 4.69) is 24.1 Å². The number of rotatable bonds is 2. The summed E-state index contributed by atoms with van der Waals surface area (Å²) in [4.78, 5) is 13.8. The van der Waals surface area contributed by atoms with E-state index >= 15 is 0 Å². The maximum absolute atomic E-state index is 11.6. The molecule has 2 aliphatic rings. The predicted octanol–water partition coefficient (Wildman–Crippen LogP) is 0.607. The van der Waals surface area contributed by atoms with E-state index in [1.54, 1.807) is 0 Å². The Hall–Kier alpha value is -0.570. The van der Waals surface area contributed by atoms with Crippen LogP contribution in [0.3, 0.4) is 0 Å². The fraction of sp³-hybridized carbons (Fsp3) is 0.900. The molecule has 0 atom stereocenters. The molecule has 1 heterocycles. The molecule has 74 valence electrons. The quantitative estimate of drug-likeness (QED) is 0.678. The van der Waals surface area contributed by atoms with Gasteiger partial charge in [-0.15, -0.1) is 0 Å². The van der Waals surface area contributed by atoms with Crippen molar-refractivity contribution in [1.29, 1.82) is 0 Å². The van der Waals surface area contributed by atoms with Gasteiger partial charge in [0, 0.05) is 13.1 Å². The Labute approximate surface area is 79.5 Å². The standard InChI is InChI=1S/C10H18N2O/c1-8(2)6-12-9(13)5-11-7-10(12)3-4-10/h8,11H,3-7H2,1-2H3. The fourth-order valence-corrected chi connectivity index (χ4v) is 2.11. The molecule has 0 aromatic heterocycles. The smallest absolute Gasteiger partial charge is 0.237 e. The van der Waals surface area contributed by atoms with Crippen LogP contribution in [0.2, 0.25) is 0 Å². The Morgan fingerprint density at radius 2 is 2.23 bits per heavy atom. The van der Waals surface area contributed by atoms with Crippen LogP contribution in [0, 0.1) is 5.92 Å². The average Bonchev–Trinajstić information content (AvgIpc) is 2.79. The normalized spacial score (nSPS) is 25.8. The molecule has 2 rings (SSSR count). The summed E-state index contributed by atoms with van der Waals surface area (Å²) in [6.45, 7) is 6.82. The van der Waals surface area contributed by atoms with Crippen molar-refractivity contribution < 1.29 is 4.79 Å². The van der Waals surface area contributed by atoms with Gasteiger partial charge >= 0.3 is 0 Å². The SMILES string of the molecule is CC(C)CN1C(=O)CNCC12CC2. The van der Waals surface area contributed by atoms with Crippen molar-refractivity contribution in [3.05, 3.63) is 0 Å². The van der Waals surface area contributed by atoms with Gasteiger partial charge in [0.1, 0.15) is 0 Å². The molecule has 3 heteroatoms. The van der Waals surface area contributed by atoms with Crippen molar-refractivity contribution >= 4 is 5.91 Å². The van der Waals surface area contributed by atoms with E-state index < -0.39 is 0 Å². The lowest BCUT2D eigenvalue weighted by Gasteiger charge is -2.37. The topological polar surface area (TPSA) is 32.3 Å². The molecular weight excluding hydrogens is 164 g/mol. The highest BCUT2D eigenvalue weighted by Gasteiger charge is 2.51. The molecular formula is C10H18N2O. The van der Waals surface area contributed by atoms with Crippen molar-refractivity contribution in [3.63, 3.8) is 0 Å². The molecule has 0 bridgehead atoms. The van der Waals surface area contributed by atoms with Gasteiger partial charge in [0.2, 0.25) is 5.91 Å². The Bertz CT molecular complexity index is 221. The van der Waals surface area contributed by atoms with E-state index in [4.69, 9.17) is 0 Å². The monoisotopic (exact) mass is 182 g/mol. The minimum atomic E-state index is 0.222. The highest BCUT2D eigenvalue weighted by Crippen LogP contribution is 2.42. The Morgan fingerprint density at radius 1 is 1.54 bits per heavy atom. The average molecular weight is 182 g/mol. The van der Waals surface area contributed by atoms with E-state index in [9.17, 15) is 4.79 Å². The minimum Gasteiger partial charge on any atom is -0.334 e. The number of amides is 1. The zero-order valence-electron chi connectivity index (χ0n) is 8.47. The van der Waals surface area contributed by atoms with Crippen LogP contribution in [-0.2, 0) is 4.79 Å². The third-order valence-electron chi connectivity index (χ3n) is 2.98. The Balaban J connectivity index is 2.06. The molecule has 3 nitrogen and oxygen atoms in total. The number of nitrogens with zero attached hydrogens (tertiary/aromatic N) is 1. The van der Waals surface area contributed by atoms with Gasteiger partial charge in [-0.05, 0) is 18.8 Å². The lowest BCUT2D eigenvalue weighted by molar-refractivity contribution is -0.136. The van der Waals surface area contributed by atoms with Crippen LogP contribution in [-0.4, -0.2) is 36.0 Å². The van der Waals surface area contributed by atoms with E-state index in [1.165, 1.54) is 12.8 Å². The van der Waals surface area contributed by atoms with Crippen LogP contribution >= 0.6 is 0 Å². The molecule has 1 amide bonds. The molecule has 1 saturated heterocycles. The molecule has 0 aromatic rings. The second-order valence-corrected chi connectivity index (χ2v) is 4.73. The maximum atomic E-state index is 11.6. The van der Waals surface area contributed by atoms with Crippen molar-refractivity contribution in [2.45, 2.75) is 32.2 Å². The summed E-state index contributed by atoms with van der Waals surface area (Å²) in [6.07, 6.45) is 2.39. The lowest BCUT2D eigenvalue weighted by atomic mass is 10.1. The maximum Gasteiger partial charge on any atom is 0.237 e. The second kappa shape index (κ2) is 2.98. The number of nitrogens with one attached hydrogen (secondary N) is 1. The zero-order chi connectivity index (χ0) is 9.47. The van der Waals surface area contributed by atoms with Crippen LogP contribution in [0.1, 0.15) is 26.7 Å². The largest absolute Gasteiger partial charge is 0.334 e. The second-order valence-electron chi connectivity index (χ2n) is 4.73. The summed E-state index contributed by atoms with van der Waals surface area (Å²) >= 11 is 0. The van der Waals surface area contributed by atoms with Crippen molar-refractivity contribution in [2.75, 3.05) is 19.6 Å². The zero-order valence-corrected chi connectivity index (χ0v) is 8.47. The molecule has 2 fully saturated rings. The van der Waals surface area contributed by atoms with E-state index in [0.717, 1.165) is 13.1 Å². The summed E-state index contributed by atoms with van der Waals surface area (Å²) in [5, 5.41) is 3.20. The van der Waals surface area contributed by atoms with Crippen molar-refractivity contribution in [3.8, 4) is 0 Å². The van der Waals surface area contributed by atoms with Crippen molar-refractivity contribution in [1.82, 2.24) is 10.2 Å². The van der Waals surface area contributed by atoms with Gasteiger partial charge in [0.05, 0.1) is 12.1 Å². The Kier molecular flexibility index (Phi) is 2.06. The predicted molar refractivity (Wildman–Crippen MR) is 51.4 cm³/mol. The number of hydrogen-bond acceptors (Lipinski definition) is 2. The molecule has 1 saturated carbocycles. The van der Waals surface area contributed by atoms with Gasteiger partial charge in [-0.3, -0.25) is 4.79 Å². The van der Waals surface area contributed by atoms with Gasteiger partial charge in [-0.2, -0.15) is 0 Å². The van der Waals surface area contributed by atoms with Gasteiger partial charge in [0.15, 0.2) is 0 Å². The first-order chi connectivity index (χ1) is 6.14. The molecule has 1 aliphatic carbocycles. The van der Waals surface area contributed by atoms with Crippen LogP contribution < -0.4 is 5.32 Å². The van der Waals surface area contributed by atoms with Gasteiger partial charge in [0.25, 0.3) is 0 Å². The van der Waals surface area contributed by atoms with Gasteiger partial charge in [-0.1, -0.05) is 13.8 Å². The molecule has 0 unspecified atom stereocenters. The summed E-state index contributed by atoms with van der Waals surface area (Å²) < 4.78 is 0. The van der Waals surface area contributed by atoms with Gasteiger partial charge < -0.3 is 10.2 Å². The summed E-state index contributed by atoms with van der Waals surface area (Å²) in [7, 11) is 0. The molecule has 0 aromatic carbocycles. The molecule has 1 N–H and O–H groups in total. The first kappa shape index (κ1) is 9.00. The van der Waals surface area contributed by atoms with E-state index in [0.29, 0.717) is 12.5 Å². The number of carbonyl (C=O) groups is 1. The highest BCUT2D eigenvalue weighted by atomic mass is 16.2. The molecule has 0 radical (unpaired) electrons. The first-order valence-electron chi connectivity index (χ1n) is 5.15. The fourth-order valence-electron chi connectivity index (χ4n) is 2.11. The van der Waals surface area contributed by atoms with Crippen molar-refractivity contribution in [2.24, 2.45) is 5.92 Å². The third-order valence-corrected chi connectivity index (χ3v) is 2.98. The third kappa shape index (κ3) is 1.57. The van der Waals surface area contributed by atoms with Gasteiger partial charge in [-0.25, -0.2) is 0 Å². The number of carbonyl (C=O) groups excluding carboxylic acids is 1.